The smallest absolute Gasteiger partial charge is 0.142 e. The van der Waals surface area contributed by atoms with Gasteiger partial charge in [0, 0.05) is 32.2 Å². The van der Waals surface area contributed by atoms with E-state index in [9.17, 15) is 0 Å². The van der Waals surface area contributed by atoms with E-state index >= 15 is 0 Å². The maximum absolute atomic E-state index is 9.15. The molecule has 1 spiro atoms. The molecule has 3 aliphatic rings. The van der Waals surface area contributed by atoms with Gasteiger partial charge in [-0.1, -0.05) is 36.4 Å². The lowest BCUT2D eigenvalue weighted by atomic mass is 9.68. The van der Waals surface area contributed by atoms with Gasteiger partial charge < -0.3 is 4.90 Å². The van der Waals surface area contributed by atoms with Crippen molar-refractivity contribution in [3.63, 3.8) is 0 Å². The number of benzene rings is 1. The van der Waals surface area contributed by atoms with Crippen molar-refractivity contribution in [2.24, 2.45) is 5.41 Å². The number of piperidine rings is 2. The molecule has 5 rings (SSSR count). The van der Waals surface area contributed by atoms with Crippen LogP contribution in [0.25, 0.3) is 0 Å². The van der Waals surface area contributed by atoms with Crippen molar-refractivity contribution in [3.05, 3.63) is 59.8 Å². The SMILES string of the molecule is N#Cc1cccc(N2CCC3(CC2)CC(c2ccccc2)CN(C2CC2)C3)n1. The fourth-order valence-electron chi connectivity index (χ4n) is 5.33. The second kappa shape index (κ2) is 7.22. The summed E-state index contributed by atoms with van der Waals surface area (Å²) >= 11 is 0. The van der Waals surface area contributed by atoms with Crippen molar-refractivity contribution in [2.45, 2.75) is 44.1 Å². The minimum absolute atomic E-state index is 0.421. The summed E-state index contributed by atoms with van der Waals surface area (Å²) < 4.78 is 0. The number of nitriles is 1. The highest BCUT2D eigenvalue weighted by Crippen LogP contribution is 2.47. The normalized spacial score (nSPS) is 24.8. The standard InChI is InChI=1S/C24H28N4/c25-16-21-7-4-8-23(26-21)27-13-11-24(12-14-27)15-20(19-5-2-1-3-6-19)17-28(18-24)22-9-10-22/h1-8,20,22H,9-15,17-18H2. The zero-order valence-corrected chi connectivity index (χ0v) is 16.4. The third-order valence-corrected chi connectivity index (χ3v) is 7.00. The van der Waals surface area contributed by atoms with Gasteiger partial charge >= 0.3 is 0 Å². The van der Waals surface area contributed by atoms with Crippen LogP contribution in [0.3, 0.4) is 0 Å². The fourth-order valence-corrected chi connectivity index (χ4v) is 5.33. The lowest BCUT2D eigenvalue weighted by molar-refractivity contribution is 0.0460. The van der Waals surface area contributed by atoms with Crippen LogP contribution >= 0.6 is 0 Å². The lowest BCUT2D eigenvalue weighted by Crippen LogP contribution is -2.52. The van der Waals surface area contributed by atoms with Gasteiger partial charge in [0.2, 0.25) is 0 Å². The Bertz CT molecular complexity index is 860. The first kappa shape index (κ1) is 17.7. The van der Waals surface area contributed by atoms with Gasteiger partial charge in [-0.3, -0.25) is 4.90 Å². The monoisotopic (exact) mass is 372 g/mol. The molecule has 28 heavy (non-hydrogen) atoms. The zero-order chi connectivity index (χ0) is 19.0. The van der Waals surface area contributed by atoms with Gasteiger partial charge in [-0.15, -0.1) is 0 Å². The molecule has 1 unspecified atom stereocenters. The van der Waals surface area contributed by atoms with Gasteiger partial charge in [0.1, 0.15) is 17.6 Å². The molecule has 2 saturated heterocycles. The Morgan fingerprint density at radius 1 is 1.00 bits per heavy atom. The predicted molar refractivity (Wildman–Crippen MR) is 111 cm³/mol. The molecule has 0 N–H and O–H groups in total. The summed E-state index contributed by atoms with van der Waals surface area (Å²) in [5, 5.41) is 9.15. The lowest BCUT2D eigenvalue weighted by Gasteiger charge is -2.51. The molecule has 0 amide bonds. The van der Waals surface area contributed by atoms with Crippen LogP contribution in [0.5, 0.6) is 0 Å². The average Bonchev–Trinajstić information content (AvgIpc) is 3.60. The van der Waals surface area contributed by atoms with E-state index in [1.54, 1.807) is 6.07 Å². The molecule has 1 aromatic heterocycles. The molecule has 1 atom stereocenters. The van der Waals surface area contributed by atoms with E-state index in [1.807, 2.05) is 12.1 Å². The number of hydrogen-bond donors (Lipinski definition) is 0. The first-order chi connectivity index (χ1) is 13.7. The van der Waals surface area contributed by atoms with E-state index in [0.29, 0.717) is 17.0 Å². The van der Waals surface area contributed by atoms with E-state index in [-0.39, 0.29) is 0 Å². The number of nitrogens with zero attached hydrogens (tertiary/aromatic N) is 4. The molecule has 1 saturated carbocycles. The fraction of sp³-hybridized carbons (Fsp3) is 0.500. The number of rotatable bonds is 3. The van der Waals surface area contributed by atoms with Crippen LogP contribution in [0.1, 0.15) is 49.3 Å². The van der Waals surface area contributed by atoms with Crippen LogP contribution in [0.15, 0.2) is 48.5 Å². The Hall–Kier alpha value is -2.38. The van der Waals surface area contributed by atoms with Crippen molar-refractivity contribution in [1.29, 1.82) is 5.26 Å². The number of pyridine rings is 1. The Morgan fingerprint density at radius 3 is 2.50 bits per heavy atom. The molecule has 0 radical (unpaired) electrons. The number of aromatic nitrogens is 1. The summed E-state index contributed by atoms with van der Waals surface area (Å²) in [5.74, 6) is 1.62. The van der Waals surface area contributed by atoms with Gasteiger partial charge in [-0.2, -0.15) is 5.26 Å². The summed E-state index contributed by atoms with van der Waals surface area (Å²) in [5.41, 5.74) is 2.45. The van der Waals surface area contributed by atoms with Crippen molar-refractivity contribution in [3.8, 4) is 6.07 Å². The second-order valence-corrected chi connectivity index (χ2v) is 8.95. The molecule has 2 aliphatic heterocycles. The maximum atomic E-state index is 9.15. The minimum atomic E-state index is 0.421. The molecule has 3 heterocycles. The third kappa shape index (κ3) is 3.52. The van der Waals surface area contributed by atoms with Crippen molar-refractivity contribution < 1.29 is 0 Å². The van der Waals surface area contributed by atoms with Gasteiger partial charge in [0.25, 0.3) is 0 Å². The summed E-state index contributed by atoms with van der Waals surface area (Å²) in [6.07, 6.45) is 6.51. The zero-order valence-electron chi connectivity index (χ0n) is 16.4. The van der Waals surface area contributed by atoms with Crippen LogP contribution < -0.4 is 4.90 Å². The Kier molecular flexibility index (Phi) is 4.56. The molecule has 2 aromatic rings. The number of hydrogen-bond acceptors (Lipinski definition) is 4. The van der Waals surface area contributed by atoms with Crippen LogP contribution in [0, 0.1) is 16.7 Å². The minimum Gasteiger partial charge on any atom is -0.357 e. The highest BCUT2D eigenvalue weighted by molar-refractivity contribution is 5.42. The van der Waals surface area contributed by atoms with Gasteiger partial charge in [-0.05, 0) is 61.1 Å². The van der Waals surface area contributed by atoms with Crippen molar-refractivity contribution in [1.82, 2.24) is 9.88 Å². The maximum Gasteiger partial charge on any atom is 0.142 e. The van der Waals surface area contributed by atoms with Gasteiger partial charge in [0.15, 0.2) is 0 Å². The molecule has 3 fully saturated rings. The molecular weight excluding hydrogens is 344 g/mol. The van der Waals surface area contributed by atoms with E-state index in [4.69, 9.17) is 5.26 Å². The molecule has 4 nitrogen and oxygen atoms in total. The largest absolute Gasteiger partial charge is 0.357 e. The highest BCUT2D eigenvalue weighted by atomic mass is 15.2. The Balaban J connectivity index is 1.33. The van der Waals surface area contributed by atoms with Crippen molar-refractivity contribution >= 4 is 5.82 Å². The molecular formula is C24H28N4. The molecule has 4 heteroatoms. The number of likely N-dealkylation sites (tertiary alicyclic amines) is 1. The first-order valence-electron chi connectivity index (χ1n) is 10.7. The average molecular weight is 373 g/mol. The molecule has 1 aliphatic carbocycles. The van der Waals surface area contributed by atoms with E-state index in [2.05, 4.69) is 51.2 Å². The van der Waals surface area contributed by atoms with Gasteiger partial charge in [-0.25, -0.2) is 4.98 Å². The Morgan fingerprint density at radius 2 is 1.79 bits per heavy atom. The van der Waals surface area contributed by atoms with E-state index < -0.39 is 0 Å². The molecule has 144 valence electrons. The number of anilines is 1. The molecule has 0 bridgehead atoms. The van der Waals surface area contributed by atoms with E-state index in [1.165, 1.54) is 50.8 Å². The topological polar surface area (TPSA) is 43.2 Å². The summed E-state index contributed by atoms with van der Waals surface area (Å²) in [6.45, 7) is 4.58. The predicted octanol–water partition coefficient (Wildman–Crippen LogP) is 4.19. The van der Waals surface area contributed by atoms with Crippen LogP contribution in [0.4, 0.5) is 5.82 Å². The van der Waals surface area contributed by atoms with Crippen molar-refractivity contribution in [2.75, 3.05) is 31.1 Å². The highest BCUT2D eigenvalue weighted by Gasteiger charge is 2.45. The first-order valence-corrected chi connectivity index (χ1v) is 10.7. The van der Waals surface area contributed by atoms with Gasteiger partial charge in [0.05, 0.1) is 0 Å². The van der Waals surface area contributed by atoms with Crippen LogP contribution in [-0.2, 0) is 0 Å². The molecule has 1 aromatic carbocycles. The third-order valence-electron chi connectivity index (χ3n) is 7.00. The quantitative estimate of drug-likeness (QED) is 0.810. The summed E-state index contributed by atoms with van der Waals surface area (Å²) in [7, 11) is 0. The van der Waals surface area contributed by atoms with Crippen LogP contribution in [0.2, 0.25) is 0 Å². The summed E-state index contributed by atoms with van der Waals surface area (Å²) in [6, 6.07) is 19.9. The second-order valence-electron chi connectivity index (χ2n) is 8.95. The van der Waals surface area contributed by atoms with E-state index in [0.717, 1.165) is 24.9 Å². The Labute approximate surface area is 167 Å². The van der Waals surface area contributed by atoms with Crippen LogP contribution in [-0.4, -0.2) is 42.1 Å². The summed E-state index contributed by atoms with van der Waals surface area (Å²) in [4.78, 5) is 9.69.